The van der Waals surface area contributed by atoms with Crippen molar-refractivity contribution in [3.8, 4) is 5.75 Å². The summed E-state index contributed by atoms with van der Waals surface area (Å²) in [6, 6.07) is 11.1. The Morgan fingerprint density at radius 1 is 1.35 bits per heavy atom. The zero-order chi connectivity index (χ0) is 16.8. The van der Waals surface area contributed by atoms with Gasteiger partial charge in [0.1, 0.15) is 0 Å². The van der Waals surface area contributed by atoms with Gasteiger partial charge < -0.3 is 15.0 Å². The van der Waals surface area contributed by atoms with Crippen LogP contribution in [0.25, 0.3) is 0 Å². The standard InChI is InChI=1S/C17H20N2O3S/c1-3-16(23-13-7-5-4-6-8-13)17(22)18-10-12-9-14(20)15(21)11-19(12)2/h4-9,11,16,21H,3,10H2,1-2H3,(H,18,22). The second-order valence-electron chi connectivity index (χ2n) is 5.17. The number of carbonyl (C=O) groups is 1. The van der Waals surface area contributed by atoms with Crippen molar-refractivity contribution in [2.75, 3.05) is 0 Å². The van der Waals surface area contributed by atoms with Crippen LogP contribution < -0.4 is 10.7 Å². The maximum absolute atomic E-state index is 12.3. The van der Waals surface area contributed by atoms with E-state index in [1.54, 1.807) is 11.6 Å². The lowest BCUT2D eigenvalue weighted by molar-refractivity contribution is -0.120. The number of amides is 1. The molecule has 0 saturated heterocycles. The second kappa shape index (κ2) is 7.87. The SMILES string of the molecule is CCC(Sc1ccccc1)C(=O)NCc1cc(=O)c(O)cn1C. The van der Waals surface area contributed by atoms with Gasteiger partial charge in [-0.2, -0.15) is 0 Å². The van der Waals surface area contributed by atoms with E-state index >= 15 is 0 Å². The van der Waals surface area contributed by atoms with Gasteiger partial charge in [-0.1, -0.05) is 25.1 Å². The molecule has 0 spiro atoms. The topological polar surface area (TPSA) is 71.3 Å². The summed E-state index contributed by atoms with van der Waals surface area (Å²) in [5.74, 6) is -0.365. The summed E-state index contributed by atoms with van der Waals surface area (Å²) >= 11 is 1.52. The van der Waals surface area contributed by atoms with Gasteiger partial charge in [0.25, 0.3) is 0 Å². The molecule has 0 aliphatic heterocycles. The second-order valence-corrected chi connectivity index (χ2v) is 6.45. The molecule has 23 heavy (non-hydrogen) atoms. The minimum absolute atomic E-state index is 0.0677. The minimum Gasteiger partial charge on any atom is -0.503 e. The highest BCUT2D eigenvalue weighted by Crippen LogP contribution is 2.25. The van der Waals surface area contributed by atoms with E-state index in [2.05, 4.69) is 5.32 Å². The molecule has 1 amide bonds. The van der Waals surface area contributed by atoms with Gasteiger partial charge in [-0.05, 0) is 18.6 Å². The number of pyridine rings is 1. The van der Waals surface area contributed by atoms with Crippen molar-refractivity contribution in [3.05, 3.63) is 58.5 Å². The molecular formula is C17H20N2O3S. The molecule has 0 aliphatic carbocycles. The number of hydrogen-bond donors (Lipinski definition) is 2. The molecule has 2 N–H and O–H groups in total. The number of aromatic nitrogens is 1. The third-order valence-electron chi connectivity index (χ3n) is 3.45. The average molecular weight is 332 g/mol. The van der Waals surface area contributed by atoms with E-state index in [4.69, 9.17) is 0 Å². The Balaban J connectivity index is 2.00. The molecule has 0 aliphatic rings. The predicted octanol–water partition coefficient (Wildman–Crippen LogP) is 2.28. The highest BCUT2D eigenvalue weighted by molar-refractivity contribution is 8.00. The first-order chi connectivity index (χ1) is 11.0. The Hall–Kier alpha value is -2.21. The molecule has 122 valence electrons. The lowest BCUT2D eigenvalue weighted by atomic mass is 10.3. The molecule has 5 nitrogen and oxygen atoms in total. The molecule has 0 bridgehead atoms. The van der Waals surface area contributed by atoms with Crippen LogP contribution in [0, 0.1) is 0 Å². The molecule has 1 unspecified atom stereocenters. The summed E-state index contributed by atoms with van der Waals surface area (Å²) in [4.78, 5) is 24.9. The lowest BCUT2D eigenvalue weighted by Crippen LogP contribution is -2.33. The first kappa shape index (κ1) is 17.1. The van der Waals surface area contributed by atoms with Crippen LogP contribution in [0.15, 0.2) is 52.3 Å². The van der Waals surface area contributed by atoms with Crippen LogP contribution in [0.2, 0.25) is 0 Å². The van der Waals surface area contributed by atoms with Crippen LogP contribution >= 0.6 is 11.8 Å². The van der Waals surface area contributed by atoms with E-state index in [0.29, 0.717) is 12.1 Å². The Kier molecular flexibility index (Phi) is 5.87. The van der Waals surface area contributed by atoms with Crippen LogP contribution in [-0.4, -0.2) is 20.8 Å². The number of carbonyl (C=O) groups excluding carboxylic acids is 1. The van der Waals surface area contributed by atoms with Crippen LogP contribution in [0.1, 0.15) is 19.0 Å². The van der Waals surface area contributed by atoms with Crippen molar-refractivity contribution in [1.82, 2.24) is 9.88 Å². The number of thioether (sulfide) groups is 1. The van der Waals surface area contributed by atoms with Gasteiger partial charge in [0.15, 0.2) is 5.75 Å². The fourth-order valence-corrected chi connectivity index (χ4v) is 3.11. The first-order valence-corrected chi connectivity index (χ1v) is 8.27. The van der Waals surface area contributed by atoms with Gasteiger partial charge in [-0.15, -0.1) is 11.8 Å². The third-order valence-corrected chi connectivity index (χ3v) is 4.82. The Morgan fingerprint density at radius 3 is 2.70 bits per heavy atom. The summed E-state index contributed by atoms with van der Waals surface area (Å²) < 4.78 is 1.63. The predicted molar refractivity (Wildman–Crippen MR) is 91.6 cm³/mol. The summed E-state index contributed by atoms with van der Waals surface area (Å²) in [6.45, 7) is 2.22. The maximum atomic E-state index is 12.3. The van der Waals surface area contributed by atoms with Crippen molar-refractivity contribution < 1.29 is 9.90 Å². The monoisotopic (exact) mass is 332 g/mol. The number of aryl methyl sites for hydroxylation is 1. The fourth-order valence-electron chi connectivity index (χ4n) is 2.11. The smallest absolute Gasteiger partial charge is 0.233 e. The number of aromatic hydroxyl groups is 1. The van der Waals surface area contributed by atoms with Crippen molar-refractivity contribution >= 4 is 17.7 Å². The van der Waals surface area contributed by atoms with Crippen LogP contribution in [0.3, 0.4) is 0 Å². The molecule has 1 heterocycles. The van der Waals surface area contributed by atoms with Crippen LogP contribution in [-0.2, 0) is 18.4 Å². The normalized spacial score (nSPS) is 11.9. The molecule has 1 aromatic carbocycles. The van der Waals surface area contributed by atoms with Gasteiger partial charge in [0.05, 0.1) is 11.8 Å². The summed E-state index contributed by atoms with van der Waals surface area (Å²) in [6.07, 6.45) is 2.06. The highest BCUT2D eigenvalue weighted by atomic mass is 32.2. The summed E-state index contributed by atoms with van der Waals surface area (Å²) in [5.41, 5.74) is 0.193. The first-order valence-electron chi connectivity index (χ1n) is 7.39. The number of rotatable bonds is 6. The zero-order valence-corrected chi connectivity index (χ0v) is 14.0. The largest absolute Gasteiger partial charge is 0.503 e. The van der Waals surface area contributed by atoms with E-state index in [0.717, 1.165) is 4.90 Å². The molecule has 0 saturated carbocycles. The Labute approximate surface area is 139 Å². The van der Waals surface area contributed by atoms with E-state index in [1.165, 1.54) is 24.0 Å². The molecule has 0 fully saturated rings. The van der Waals surface area contributed by atoms with E-state index in [-0.39, 0.29) is 23.5 Å². The number of nitrogens with one attached hydrogen (secondary N) is 1. The van der Waals surface area contributed by atoms with Crippen LogP contribution in [0.4, 0.5) is 0 Å². The maximum Gasteiger partial charge on any atom is 0.233 e. The minimum atomic E-state index is -0.446. The van der Waals surface area contributed by atoms with E-state index < -0.39 is 5.43 Å². The van der Waals surface area contributed by atoms with E-state index in [1.807, 2.05) is 37.3 Å². The average Bonchev–Trinajstić information content (AvgIpc) is 2.55. The summed E-state index contributed by atoms with van der Waals surface area (Å²) in [5, 5.41) is 12.0. The number of benzene rings is 1. The third kappa shape index (κ3) is 4.63. The molecule has 0 radical (unpaired) electrons. The fraction of sp³-hybridized carbons (Fsp3) is 0.294. The van der Waals surface area contributed by atoms with Crippen molar-refractivity contribution in [2.24, 2.45) is 7.05 Å². The highest BCUT2D eigenvalue weighted by Gasteiger charge is 2.17. The number of nitrogens with zero attached hydrogens (tertiary/aromatic N) is 1. The van der Waals surface area contributed by atoms with Crippen molar-refractivity contribution in [3.63, 3.8) is 0 Å². The Morgan fingerprint density at radius 2 is 2.04 bits per heavy atom. The van der Waals surface area contributed by atoms with Crippen molar-refractivity contribution in [2.45, 2.75) is 30.0 Å². The lowest BCUT2D eigenvalue weighted by Gasteiger charge is -2.16. The van der Waals surface area contributed by atoms with Crippen LogP contribution in [0.5, 0.6) is 5.75 Å². The zero-order valence-electron chi connectivity index (χ0n) is 13.2. The number of hydrogen-bond acceptors (Lipinski definition) is 4. The molecule has 2 rings (SSSR count). The van der Waals surface area contributed by atoms with E-state index in [9.17, 15) is 14.7 Å². The van der Waals surface area contributed by atoms with Gasteiger partial charge in [0, 0.05) is 29.9 Å². The molecular weight excluding hydrogens is 312 g/mol. The molecule has 6 heteroatoms. The molecule has 2 aromatic rings. The van der Waals surface area contributed by atoms with Gasteiger partial charge in [-0.3, -0.25) is 9.59 Å². The quantitative estimate of drug-likeness (QED) is 0.796. The molecule has 1 aromatic heterocycles. The Bertz CT molecular complexity index is 728. The van der Waals surface area contributed by atoms with Gasteiger partial charge >= 0.3 is 0 Å². The van der Waals surface area contributed by atoms with Gasteiger partial charge in [-0.25, -0.2) is 0 Å². The van der Waals surface area contributed by atoms with Gasteiger partial charge in [0.2, 0.25) is 11.3 Å². The van der Waals surface area contributed by atoms with Crippen molar-refractivity contribution in [1.29, 1.82) is 0 Å². The molecule has 1 atom stereocenters. The summed E-state index contributed by atoms with van der Waals surface area (Å²) in [7, 11) is 1.72.